The van der Waals surface area contributed by atoms with E-state index in [4.69, 9.17) is 53.4 Å². The summed E-state index contributed by atoms with van der Waals surface area (Å²) in [6.07, 6.45) is 10.5. The largest absolute Gasteiger partial charge is 0.497 e. The lowest BCUT2D eigenvalue weighted by atomic mass is 9.85. The average Bonchev–Trinajstić information content (AvgIpc) is 1.58. The van der Waals surface area contributed by atoms with Crippen molar-refractivity contribution in [1.29, 1.82) is 0 Å². The van der Waals surface area contributed by atoms with E-state index in [9.17, 15) is 46.8 Å². The zero-order chi connectivity index (χ0) is 84.1. The number of likely N-dealkylation sites (tertiary alicyclic amines) is 2. The summed E-state index contributed by atoms with van der Waals surface area (Å²) in [5.74, 6) is -0.547. The molecule has 6 N–H and O–H groups in total. The van der Waals surface area contributed by atoms with Crippen LogP contribution in [0.1, 0.15) is 167 Å². The van der Waals surface area contributed by atoms with Gasteiger partial charge in [-0.1, -0.05) is 110 Å². The molecular formula is C87H105N15O16S. The molecule has 6 aliphatic heterocycles. The topological polar surface area (TPSA) is 380 Å². The highest BCUT2D eigenvalue weighted by molar-refractivity contribution is 7.91. The van der Waals surface area contributed by atoms with Crippen LogP contribution in [0.2, 0.25) is 0 Å². The van der Waals surface area contributed by atoms with E-state index in [0.717, 1.165) is 102 Å². The van der Waals surface area contributed by atoms with Gasteiger partial charge in [-0.05, 0) is 136 Å². The molecule has 3 aromatic heterocycles. The zero-order valence-corrected chi connectivity index (χ0v) is 69.6. The number of nitrogens with one attached hydrogen (secondary N) is 6. The number of hydrogen-bond donors (Lipinski definition) is 6. The number of ether oxygens (including phenoxy) is 6. The molecule has 3 saturated carbocycles. The fourth-order valence-electron chi connectivity index (χ4n) is 17.3. The van der Waals surface area contributed by atoms with Crippen LogP contribution in [0.25, 0.3) is 44.5 Å². The number of amides is 8. The lowest BCUT2D eigenvalue weighted by molar-refractivity contribution is -0.143. The normalized spacial score (nSPS) is 25.1. The Kier molecular flexibility index (Phi) is 23.4. The Hall–Kier alpha value is -11.4. The minimum Gasteiger partial charge on any atom is -0.497 e. The number of methoxy groups -OCH3 is 3. The molecular weight excluding hydrogens is 1540 g/mol. The Labute approximate surface area is 691 Å². The lowest BCUT2D eigenvalue weighted by Gasteiger charge is -2.35. The van der Waals surface area contributed by atoms with Crippen LogP contribution < -0.4 is 40.2 Å². The van der Waals surface area contributed by atoms with Gasteiger partial charge in [-0.15, -0.1) is 6.58 Å². The highest BCUT2D eigenvalue weighted by Gasteiger charge is 2.62. The van der Waals surface area contributed by atoms with Crippen molar-refractivity contribution in [2.75, 3.05) is 41.0 Å². The van der Waals surface area contributed by atoms with Gasteiger partial charge in [0.15, 0.2) is 6.17 Å². The summed E-state index contributed by atoms with van der Waals surface area (Å²) >= 11 is 0. The molecule has 630 valence electrons. The molecule has 8 amide bonds. The molecule has 9 heterocycles. The summed E-state index contributed by atoms with van der Waals surface area (Å²) in [4.78, 5) is 140. The molecule has 13 atom stereocenters. The fraction of sp³-hybridized carbons (Fsp3) is 0.506. The third-order valence-corrected chi connectivity index (χ3v) is 26.1. The Morgan fingerprint density at radius 2 is 1.48 bits per heavy atom. The van der Waals surface area contributed by atoms with E-state index < -0.39 is 111 Å². The molecule has 32 heteroatoms. The highest BCUT2D eigenvalue weighted by Crippen LogP contribution is 2.48. The number of carbonyl (C=O) groups excluding carboxylic acids is 8. The molecule has 31 nitrogen and oxygen atoms in total. The van der Waals surface area contributed by atoms with Gasteiger partial charge in [-0.2, -0.15) is 0 Å². The minimum atomic E-state index is -3.90. The number of H-pyrrole nitrogens is 1. The molecule has 9 aliphatic rings. The number of aromatic nitrogens is 5. The van der Waals surface area contributed by atoms with Gasteiger partial charge >= 0.3 is 18.3 Å². The summed E-state index contributed by atoms with van der Waals surface area (Å²) in [7, 11) is 0.246. The number of aryl methyl sites for hydroxylation is 1. The summed E-state index contributed by atoms with van der Waals surface area (Å²) in [6.45, 7) is 17.9. The van der Waals surface area contributed by atoms with Crippen LogP contribution in [0.3, 0.4) is 0 Å². The van der Waals surface area contributed by atoms with E-state index in [1.165, 1.54) is 25.2 Å². The molecule has 2 bridgehead atoms. The number of alkyl carbamates (subject to hydrolysis) is 3. The Morgan fingerprint density at radius 1 is 0.756 bits per heavy atom. The zero-order valence-electron chi connectivity index (χ0n) is 68.7. The lowest BCUT2D eigenvalue weighted by Crippen LogP contribution is -2.60. The Morgan fingerprint density at radius 3 is 2.18 bits per heavy atom. The predicted molar refractivity (Wildman–Crippen MR) is 443 cm³/mol. The first-order valence-corrected chi connectivity index (χ1v) is 42.9. The van der Waals surface area contributed by atoms with Gasteiger partial charge in [-0.3, -0.25) is 38.7 Å². The molecule has 16 rings (SSSR count). The standard InChI is InChI=1S/C49H55N9O7.C38H50N6O9S/c1-27(2)41(54-48(61)63-5)45(59)56-20-10-14-37(56)43-50-25-34(52-43)30-17-19-36-32(22-30)23-39-33-18-16-31(24-40(33)65-47(58(36)39)29-12-8-7-9-13-29)35-26-51-44(53-35)38-15-11-21-57(38)46(60)42(28(3)4)55-49(62)64-6;1-6-22-19-38(22,35(47)43-54(49,50)25-13-14-25)42-32(45)29-18-24-20-44(29)34(46)31(37(2,3)4)41-36(48)53-30-16-21(30)10-8-7-9-11-27-33(52-24)40-28-17-23(51-5)12-15-26(28)39-27/h7-9,12-13,16-19,22-28,37-38,41-42,44,47H,10-11,14-15,20-21H2,1-6H3,(H,50,52)(H,54,61)(H,55,62);6,12,15,17,21-22,24-25,29-31H,1,7-11,13-14,16,18-20H2,2-5H3,(H,41,48)(H,42,45)(H,43,47)/t37-,38+,41-,42-,44?,47-;21-,22-,24-,29+,30-,31-,38-/m01/s1. The van der Waals surface area contributed by atoms with Gasteiger partial charge in [0, 0.05) is 65.3 Å². The molecule has 1 unspecified atom stereocenters. The van der Waals surface area contributed by atoms with Crippen LogP contribution >= 0.6 is 0 Å². The molecule has 0 radical (unpaired) electrons. The van der Waals surface area contributed by atoms with Gasteiger partial charge < -0.3 is 73.9 Å². The van der Waals surface area contributed by atoms with Crippen molar-refractivity contribution in [3.05, 3.63) is 132 Å². The second kappa shape index (κ2) is 33.8. The summed E-state index contributed by atoms with van der Waals surface area (Å²) in [5, 5.41) is 11.4. The Balaban J connectivity index is 0.000000189. The number of sulfonamides is 1. The first-order valence-electron chi connectivity index (χ1n) is 41.3. The predicted octanol–water partition coefficient (Wildman–Crippen LogP) is 10.6. The number of aromatic amines is 1. The maximum atomic E-state index is 14.6. The Bertz CT molecular complexity index is 5290. The van der Waals surface area contributed by atoms with E-state index >= 15 is 0 Å². The molecule has 4 aromatic carbocycles. The van der Waals surface area contributed by atoms with Gasteiger partial charge in [0.25, 0.3) is 5.91 Å². The second-order valence-corrected chi connectivity index (χ2v) is 36.2. The molecule has 0 spiro atoms. The van der Waals surface area contributed by atoms with E-state index in [0.29, 0.717) is 78.0 Å². The number of fused-ring (bicyclic) bond motifs is 10. The first kappa shape index (κ1) is 82.7. The van der Waals surface area contributed by atoms with Crippen LogP contribution in [-0.4, -0.2) is 208 Å². The van der Waals surface area contributed by atoms with Crippen molar-refractivity contribution in [3.63, 3.8) is 0 Å². The maximum Gasteiger partial charge on any atom is 0.408 e. The number of rotatable bonds is 18. The van der Waals surface area contributed by atoms with Crippen LogP contribution in [0, 0.1) is 29.1 Å². The third kappa shape index (κ3) is 17.3. The van der Waals surface area contributed by atoms with Crippen LogP contribution in [-0.2, 0) is 54.6 Å². The van der Waals surface area contributed by atoms with Gasteiger partial charge in [-0.25, -0.2) is 37.8 Å². The average molecular weight is 1650 g/mol. The monoisotopic (exact) mass is 1650 g/mol. The highest BCUT2D eigenvalue weighted by atomic mass is 32.2. The van der Waals surface area contributed by atoms with Crippen molar-refractivity contribution < 1.29 is 75.2 Å². The smallest absolute Gasteiger partial charge is 0.408 e. The summed E-state index contributed by atoms with van der Waals surface area (Å²) in [5.41, 5.74) is 6.84. The molecule has 119 heavy (non-hydrogen) atoms. The van der Waals surface area contributed by atoms with Gasteiger partial charge in [0.05, 0.1) is 85.1 Å². The van der Waals surface area contributed by atoms with Crippen molar-refractivity contribution in [2.24, 2.45) is 39.1 Å². The molecule has 3 saturated heterocycles. The van der Waals surface area contributed by atoms with E-state index in [-0.39, 0.29) is 67.1 Å². The number of hydrogen-bond acceptors (Lipinski definition) is 21. The number of nitrogens with zero attached hydrogens (tertiary/aromatic N) is 9. The third-order valence-electron chi connectivity index (χ3n) is 24.3. The van der Waals surface area contributed by atoms with Crippen molar-refractivity contribution in [2.45, 2.75) is 210 Å². The van der Waals surface area contributed by atoms with Gasteiger partial charge in [0.1, 0.15) is 64.9 Å². The van der Waals surface area contributed by atoms with Crippen molar-refractivity contribution >= 4 is 91.7 Å². The van der Waals surface area contributed by atoms with E-state index in [1.54, 1.807) is 19.4 Å². The number of benzene rings is 4. The quantitative estimate of drug-likeness (QED) is 0.0343. The van der Waals surface area contributed by atoms with Crippen LogP contribution in [0.5, 0.6) is 17.4 Å². The summed E-state index contributed by atoms with van der Waals surface area (Å²) in [6, 6.07) is 26.1. The second-order valence-electron chi connectivity index (χ2n) is 34.3. The van der Waals surface area contributed by atoms with Crippen molar-refractivity contribution in [1.82, 2.24) is 65.2 Å². The van der Waals surface area contributed by atoms with Crippen molar-refractivity contribution in [3.8, 4) is 39.9 Å². The maximum absolute atomic E-state index is 14.6. The van der Waals surface area contributed by atoms with E-state index in [1.807, 2.05) is 107 Å². The minimum absolute atomic E-state index is 0.0245. The number of imidazole rings is 1. The number of aliphatic imine (C=N–C) groups is 2. The van der Waals surface area contributed by atoms with E-state index in [2.05, 4.69) is 84.6 Å². The van der Waals surface area contributed by atoms with Crippen LogP contribution in [0.4, 0.5) is 14.4 Å². The number of carbonyl (C=O) groups is 8. The first-order chi connectivity index (χ1) is 57.0. The molecule has 6 fully saturated rings. The summed E-state index contributed by atoms with van der Waals surface area (Å²) < 4.78 is 64.1. The molecule has 3 aliphatic carbocycles. The van der Waals surface area contributed by atoms with Gasteiger partial charge in [0.2, 0.25) is 45.8 Å². The fourth-order valence-corrected chi connectivity index (χ4v) is 18.7. The molecule has 7 aromatic rings. The SMILES string of the molecule is C=C[C@@H]1C[C@]1(NC(=O)[C@@H]1C[C@@H]2CN1C(=O)[C@H](C(C)(C)C)NC(=O)O[C@@H]1C[C@H]1CCCCCc1nc3ccc(OC)cc3nc1O2)C(=O)NS(=O)(=O)C1CC1.COC(=O)N[C@H](C(=O)N1CCC[C@@H]1C1N=CC(c2ccc3c(c2)O[C@@H](c2ccccc2)n2c-3cc3cc(-c4cnc([C@@H]5CCCN5C(=O)[C@@H](NC(=O)OC)C(C)C)[nH]4)ccc32)=N1)C(C)C. The van der Waals surface area contributed by atoms with Crippen LogP contribution in [0.15, 0.2) is 120 Å².